The van der Waals surface area contributed by atoms with Crippen molar-refractivity contribution in [2.45, 2.75) is 30.5 Å². The monoisotopic (exact) mass is 405 g/mol. The molecule has 0 saturated heterocycles. The van der Waals surface area contributed by atoms with Crippen molar-refractivity contribution in [2.24, 2.45) is 0 Å². The Hall–Kier alpha value is -2.74. The first-order valence-electron chi connectivity index (χ1n) is 8.73. The number of rotatable bonds is 7. The van der Waals surface area contributed by atoms with Crippen LogP contribution in [0, 0.1) is 0 Å². The van der Waals surface area contributed by atoms with Crippen LogP contribution in [0.4, 0.5) is 8.78 Å². The summed E-state index contributed by atoms with van der Waals surface area (Å²) in [5, 5.41) is 0.454. The molecule has 1 saturated carbocycles. The van der Waals surface area contributed by atoms with E-state index in [-0.39, 0.29) is 16.8 Å². The number of benzene rings is 2. The fourth-order valence-corrected chi connectivity index (χ4v) is 4.67. The van der Waals surface area contributed by atoms with E-state index in [2.05, 4.69) is 9.72 Å². The number of aromatic nitrogens is 1. The summed E-state index contributed by atoms with van der Waals surface area (Å²) in [5.74, 6) is 1.09. The molecule has 0 radical (unpaired) electrons. The van der Waals surface area contributed by atoms with Crippen molar-refractivity contribution in [3.8, 4) is 17.2 Å². The van der Waals surface area contributed by atoms with Crippen molar-refractivity contribution in [3.63, 3.8) is 0 Å². The molecule has 4 rings (SSSR count). The zero-order valence-corrected chi connectivity index (χ0v) is 15.5. The van der Waals surface area contributed by atoms with Gasteiger partial charge in [0.25, 0.3) is 0 Å². The van der Waals surface area contributed by atoms with Crippen molar-refractivity contribution >= 4 is 20.7 Å². The van der Waals surface area contributed by atoms with E-state index in [0.717, 1.165) is 12.8 Å². The molecular formula is C20H17F2NO4S. The molecule has 0 aliphatic heterocycles. The van der Waals surface area contributed by atoms with E-state index in [1.807, 2.05) is 0 Å². The predicted octanol–water partition coefficient (Wildman–Crippen LogP) is 4.71. The molecule has 0 unspecified atom stereocenters. The molecule has 1 fully saturated rings. The molecule has 0 bridgehead atoms. The van der Waals surface area contributed by atoms with Gasteiger partial charge < -0.3 is 9.47 Å². The van der Waals surface area contributed by atoms with Gasteiger partial charge in [-0.2, -0.15) is 8.78 Å². The summed E-state index contributed by atoms with van der Waals surface area (Å²) in [6, 6.07) is 13.0. The lowest BCUT2D eigenvalue weighted by Gasteiger charge is -2.11. The van der Waals surface area contributed by atoms with Crippen molar-refractivity contribution < 1.29 is 26.7 Å². The van der Waals surface area contributed by atoms with Crippen LogP contribution in [0.1, 0.15) is 18.4 Å². The Morgan fingerprint density at radius 2 is 1.75 bits per heavy atom. The Morgan fingerprint density at radius 1 is 1.04 bits per heavy atom. The van der Waals surface area contributed by atoms with Crippen LogP contribution >= 0.6 is 0 Å². The third-order valence-corrected chi connectivity index (χ3v) is 6.67. The molecule has 1 aromatic heterocycles. The Labute approximate surface area is 160 Å². The molecule has 0 atom stereocenters. The maximum absolute atomic E-state index is 12.4. The average Bonchev–Trinajstić information content (AvgIpc) is 3.48. The predicted molar refractivity (Wildman–Crippen MR) is 101 cm³/mol. The molecule has 8 heteroatoms. The van der Waals surface area contributed by atoms with Crippen LogP contribution < -0.4 is 9.47 Å². The number of alkyl halides is 2. The second-order valence-corrected chi connectivity index (χ2v) is 8.90. The van der Waals surface area contributed by atoms with E-state index in [0.29, 0.717) is 28.0 Å². The summed E-state index contributed by atoms with van der Waals surface area (Å²) in [6.45, 7) is -2.90. The number of hydrogen-bond donors (Lipinski definition) is 0. The lowest BCUT2D eigenvalue weighted by atomic mass is 10.2. The Kier molecular flexibility index (Phi) is 4.89. The molecule has 2 aromatic carbocycles. The summed E-state index contributed by atoms with van der Waals surface area (Å²) in [4.78, 5) is 4.16. The molecule has 1 aliphatic carbocycles. The van der Waals surface area contributed by atoms with Crippen molar-refractivity contribution in [3.05, 3.63) is 60.3 Å². The molecule has 1 aliphatic rings. The standard InChI is InChI=1S/C20H17F2NO4S/c21-20(22)27-15-5-8-17-18(11-15)23-10-9-19(17)26-14-3-1-13(2-4-14)12-28(24,25)16-6-7-16/h1-5,8-11,16,20H,6-7,12H2. The summed E-state index contributed by atoms with van der Waals surface area (Å²) in [5.41, 5.74) is 1.18. The van der Waals surface area contributed by atoms with Crippen LogP contribution in [0.3, 0.4) is 0 Å². The Bertz CT molecular complexity index is 1100. The first-order chi connectivity index (χ1) is 13.4. The maximum Gasteiger partial charge on any atom is 0.387 e. The van der Waals surface area contributed by atoms with Crippen LogP contribution in [0.15, 0.2) is 54.7 Å². The molecule has 0 amide bonds. The molecule has 28 heavy (non-hydrogen) atoms. The molecular weight excluding hydrogens is 388 g/mol. The summed E-state index contributed by atoms with van der Waals surface area (Å²) < 4.78 is 59.2. The Balaban J connectivity index is 1.52. The molecule has 1 heterocycles. The van der Waals surface area contributed by atoms with Gasteiger partial charge in [-0.1, -0.05) is 12.1 Å². The van der Waals surface area contributed by atoms with Gasteiger partial charge in [0.2, 0.25) is 0 Å². The van der Waals surface area contributed by atoms with E-state index < -0.39 is 16.4 Å². The molecule has 146 valence electrons. The third-order valence-electron chi connectivity index (χ3n) is 4.45. The van der Waals surface area contributed by atoms with Gasteiger partial charge in [-0.15, -0.1) is 0 Å². The van der Waals surface area contributed by atoms with Gasteiger partial charge in [-0.05, 0) is 48.7 Å². The Morgan fingerprint density at radius 3 is 2.43 bits per heavy atom. The lowest BCUT2D eigenvalue weighted by Crippen LogP contribution is -2.09. The minimum atomic E-state index is -3.07. The third kappa shape index (κ3) is 4.22. The summed E-state index contributed by atoms with van der Waals surface area (Å²) in [6.07, 6.45) is 3.02. The average molecular weight is 405 g/mol. The van der Waals surface area contributed by atoms with Gasteiger partial charge in [0.15, 0.2) is 9.84 Å². The minimum Gasteiger partial charge on any atom is -0.457 e. The first-order valence-corrected chi connectivity index (χ1v) is 10.4. The number of nitrogens with zero attached hydrogens (tertiary/aromatic N) is 1. The number of pyridine rings is 1. The van der Waals surface area contributed by atoms with Gasteiger partial charge in [-0.3, -0.25) is 4.98 Å². The zero-order valence-electron chi connectivity index (χ0n) is 14.7. The molecule has 5 nitrogen and oxygen atoms in total. The number of fused-ring (bicyclic) bond motifs is 1. The highest BCUT2D eigenvalue weighted by Crippen LogP contribution is 2.33. The number of ether oxygens (including phenoxy) is 2. The smallest absolute Gasteiger partial charge is 0.387 e. The fraction of sp³-hybridized carbons (Fsp3) is 0.250. The number of sulfone groups is 1. The minimum absolute atomic E-state index is 0.0216. The SMILES string of the molecule is O=S(=O)(Cc1ccc(Oc2ccnc3cc(OC(F)F)ccc23)cc1)C1CC1. The van der Waals surface area contributed by atoms with E-state index in [9.17, 15) is 17.2 Å². The number of hydrogen-bond acceptors (Lipinski definition) is 5. The second-order valence-electron chi connectivity index (χ2n) is 6.62. The highest BCUT2D eigenvalue weighted by Gasteiger charge is 2.35. The van der Waals surface area contributed by atoms with E-state index >= 15 is 0 Å². The van der Waals surface area contributed by atoms with Gasteiger partial charge in [-0.25, -0.2) is 8.42 Å². The topological polar surface area (TPSA) is 65.5 Å². The second kappa shape index (κ2) is 7.35. The normalized spacial score (nSPS) is 14.4. The largest absolute Gasteiger partial charge is 0.457 e. The highest BCUT2D eigenvalue weighted by molar-refractivity contribution is 7.91. The first kappa shape index (κ1) is 18.6. The van der Waals surface area contributed by atoms with E-state index in [1.165, 1.54) is 18.3 Å². The van der Waals surface area contributed by atoms with Crippen LogP contribution in [0.5, 0.6) is 17.2 Å². The summed E-state index contributed by atoms with van der Waals surface area (Å²) in [7, 11) is -3.07. The zero-order chi connectivity index (χ0) is 19.7. The summed E-state index contributed by atoms with van der Waals surface area (Å²) >= 11 is 0. The molecule has 0 spiro atoms. The van der Waals surface area contributed by atoms with E-state index in [4.69, 9.17) is 4.74 Å². The quantitative estimate of drug-likeness (QED) is 0.570. The van der Waals surface area contributed by atoms with Crippen LogP contribution in [0.2, 0.25) is 0 Å². The van der Waals surface area contributed by atoms with E-state index in [1.54, 1.807) is 36.4 Å². The highest BCUT2D eigenvalue weighted by atomic mass is 32.2. The fourth-order valence-electron chi connectivity index (χ4n) is 2.92. The van der Waals surface area contributed by atoms with Gasteiger partial charge in [0.1, 0.15) is 17.2 Å². The molecule has 0 N–H and O–H groups in total. The van der Waals surface area contributed by atoms with Gasteiger partial charge in [0, 0.05) is 17.6 Å². The van der Waals surface area contributed by atoms with Crippen LogP contribution in [-0.4, -0.2) is 25.3 Å². The number of halogens is 2. The van der Waals surface area contributed by atoms with Crippen molar-refractivity contribution in [2.75, 3.05) is 0 Å². The van der Waals surface area contributed by atoms with Gasteiger partial charge in [0.05, 0.1) is 16.5 Å². The van der Waals surface area contributed by atoms with Crippen molar-refractivity contribution in [1.29, 1.82) is 0 Å². The maximum atomic E-state index is 12.4. The van der Waals surface area contributed by atoms with Crippen molar-refractivity contribution in [1.82, 2.24) is 4.98 Å². The van der Waals surface area contributed by atoms with Gasteiger partial charge >= 0.3 is 6.61 Å². The van der Waals surface area contributed by atoms with Crippen LogP contribution in [-0.2, 0) is 15.6 Å². The molecule has 3 aromatic rings. The lowest BCUT2D eigenvalue weighted by molar-refractivity contribution is -0.0497. The van der Waals surface area contributed by atoms with Crippen LogP contribution in [0.25, 0.3) is 10.9 Å².